The van der Waals surface area contributed by atoms with Gasteiger partial charge in [-0.3, -0.25) is 24.6 Å². The van der Waals surface area contributed by atoms with E-state index in [1.807, 2.05) is 13.8 Å². The van der Waals surface area contributed by atoms with E-state index in [1.165, 1.54) is 28.0 Å². The molecule has 3 amide bonds. The Balaban J connectivity index is 1.93. The van der Waals surface area contributed by atoms with Crippen molar-refractivity contribution in [2.75, 3.05) is 29.9 Å². The molecule has 10 nitrogen and oxygen atoms in total. The summed E-state index contributed by atoms with van der Waals surface area (Å²) < 4.78 is 0. The van der Waals surface area contributed by atoms with Crippen LogP contribution in [0.15, 0.2) is 42.5 Å². The van der Waals surface area contributed by atoms with Gasteiger partial charge in [0.1, 0.15) is 12.4 Å². The molecule has 3 rings (SSSR count). The van der Waals surface area contributed by atoms with Gasteiger partial charge in [0.05, 0.1) is 17.7 Å². The van der Waals surface area contributed by atoms with Gasteiger partial charge < -0.3 is 26.0 Å². The summed E-state index contributed by atoms with van der Waals surface area (Å²) in [6, 6.07) is 10.9. The van der Waals surface area contributed by atoms with Crippen LogP contribution in [0.5, 0.6) is 0 Å². The molecule has 0 aromatic heterocycles. The van der Waals surface area contributed by atoms with Crippen molar-refractivity contribution in [1.82, 2.24) is 4.90 Å². The molecule has 0 aliphatic carbocycles. The van der Waals surface area contributed by atoms with Crippen LogP contribution >= 0.6 is 0 Å². The predicted octanol–water partition coefficient (Wildman–Crippen LogP) is 2.14. The molecule has 0 spiro atoms. The SMILES string of the molecule is CC(C)CN1C(=O)CN(CCC(=O)O)C(=O)c2cc(NC(=O)c3ccc(C(=N)N)cc3)ccc21. The van der Waals surface area contributed by atoms with E-state index in [4.69, 9.17) is 16.2 Å². The highest BCUT2D eigenvalue weighted by molar-refractivity contribution is 6.11. The van der Waals surface area contributed by atoms with Gasteiger partial charge in [-0.2, -0.15) is 0 Å². The molecule has 0 atom stereocenters. The molecule has 34 heavy (non-hydrogen) atoms. The average molecular weight is 466 g/mol. The van der Waals surface area contributed by atoms with Crippen LogP contribution in [0.3, 0.4) is 0 Å². The number of carbonyl (C=O) groups is 4. The minimum absolute atomic E-state index is 0.103. The lowest BCUT2D eigenvalue weighted by Crippen LogP contribution is -2.41. The lowest BCUT2D eigenvalue weighted by Gasteiger charge is -2.24. The maximum atomic E-state index is 13.2. The summed E-state index contributed by atoms with van der Waals surface area (Å²) in [4.78, 5) is 52.7. The zero-order valence-corrected chi connectivity index (χ0v) is 19.0. The number of benzene rings is 2. The van der Waals surface area contributed by atoms with Crippen LogP contribution in [0.25, 0.3) is 0 Å². The highest BCUT2D eigenvalue weighted by atomic mass is 16.4. The molecule has 0 fully saturated rings. The van der Waals surface area contributed by atoms with Crippen LogP contribution in [-0.4, -0.2) is 59.2 Å². The first-order valence-electron chi connectivity index (χ1n) is 10.8. The molecule has 2 aromatic rings. The minimum Gasteiger partial charge on any atom is -0.481 e. The summed E-state index contributed by atoms with van der Waals surface area (Å²) in [5.41, 5.74) is 7.25. The lowest BCUT2D eigenvalue weighted by atomic mass is 10.1. The molecule has 1 aliphatic heterocycles. The van der Waals surface area contributed by atoms with Crippen molar-refractivity contribution in [2.45, 2.75) is 20.3 Å². The second-order valence-electron chi connectivity index (χ2n) is 8.45. The van der Waals surface area contributed by atoms with Gasteiger partial charge in [0.15, 0.2) is 0 Å². The van der Waals surface area contributed by atoms with Crippen molar-refractivity contribution in [3.8, 4) is 0 Å². The Labute approximate surface area is 196 Å². The molecular weight excluding hydrogens is 438 g/mol. The van der Waals surface area contributed by atoms with Crippen LogP contribution in [-0.2, 0) is 9.59 Å². The number of anilines is 2. The fourth-order valence-electron chi connectivity index (χ4n) is 3.63. The standard InChI is InChI=1S/C24H27N5O5/c1-14(2)12-29-19-8-7-17(27-23(33)16-5-3-15(4-6-16)22(25)26)11-18(19)24(34)28(13-20(29)30)10-9-21(31)32/h3-8,11,14H,9-10,12-13H2,1-2H3,(H3,25,26)(H,27,33)(H,31,32). The first kappa shape index (κ1) is 24.4. The van der Waals surface area contributed by atoms with E-state index in [0.717, 1.165) is 0 Å². The van der Waals surface area contributed by atoms with Crippen molar-refractivity contribution in [3.63, 3.8) is 0 Å². The lowest BCUT2D eigenvalue weighted by molar-refractivity contribution is -0.137. The van der Waals surface area contributed by atoms with Gasteiger partial charge in [-0.25, -0.2) is 0 Å². The number of nitrogens with zero attached hydrogens (tertiary/aromatic N) is 2. The summed E-state index contributed by atoms with van der Waals surface area (Å²) in [5.74, 6) is -2.24. The Bertz CT molecular complexity index is 1140. The second kappa shape index (κ2) is 10.2. The first-order valence-corrected chi connectivity index (χ1v) is 10.8. The molecule has 0 saturated heterocycles. The number of carbonyl (C=O) groups excluding carboxylic acids is 3. The Morgan fingerprint density at radius 3 is 2.35 bits per heavy atom. The molecule has 1 heterocycles. The van der Waals surface area contributed by atoms with E-state index >= 15 is 0 Å². The number of hydrogen-bond acceptors (Lipinski definition) is 5. The molecule has 1 aliphatic rings. The number of rotatable bonds is 8. The first-order chi connectivity index (χ1) is 16.1. The van der Waals surface area contributed by atoms with Crippen LogP contribution in [0.1, 0.15) is 46.5 Å². The summed E-state index contributed by atoms with van der Waals surface area (Å²) in [5, 5.41) is 19.2. The van der Waals surface area contributed by atoms with E-state index in [1.54, 1.807) is 24.3 Å². The Hall–Kier alpha value is -4.21. The van der Waals surface area contributed by atoms with Crippen molar-refractivity contribution < 1.29 is 24.3 Å². The maximum absolute atomic E-state index is 13.2. The normalized spacial score (nSPS) is 13.5. The molecule has 2 aromatic carbocycles. The van der Waals surface area contributed by atoms with Crippen molar-refractivity contribution in [3.05, 3.63) is 59.2 Å². The van der Waals surface area contributed by atoms with Crippen molar-refractivity contribution >= 4 is 40.9 Å². The van der Waals surface area contributed by atoms with Gasteiger partial charge in [-0.05, 0) is 36.2 Å². The number of nitrogen functional groups attached to an aromatic ring is 1. The highest BCUT2D eigenvalue weighted by Crippen LogP contribution is 2.30. The number of hydrogen-bond donors (Lipinski definition) is 4. The van der Waals surface area contributed by atoms with Gasteiger partial charge in [0, 0.05) is 29.9 Å². The van der Waals surface area contributed by atoms with Crippen LogP contribution in [0, 0.1) is 11.3 Å². The third kappa shape index (κ3) is 5.58. The summed E-state index contributed by atoms with van der Waals surface area (Å²) in [7, 11) is 0. The van der Waals surface area contributed by atoms with Gasteiger partial charge in [-0.1, -0.05) is 26.0 Å². The maximum Gasteiger partial charge on any atom is 0.305 e. The number of aliphatic carboxylic acids is 1. The van der Waals surface area contributed by atoms with E-state index in [9.17, 15) is 19.2 Å². The number of amidine groups is 1. The number of amides is 3. The molecule has 0 unspecified atom stereocenters. The summed E-state index contributed by atoms with van der Waals surface area (Å²) in [6.07, 6.45) is -0.286. The highest BCUT2D eigenvalue weighted by Gasteiger charge is 2.32. The number of nitrogens with one attached hydrogen (secondary N) is 2. The Kier molecular flexibility index (Phi) is 7.30. The molecule has 178 valence electrons. The minimum atomic E-state index is -1.07. The average Bonchev–Trinajstić information content (AvgIpc) is 2.87. The number of nitrogens with two attached hydrogens (primary N) is 1. The van der Waals surface area contributed by atoms with Crippen LogP contribution in [0.2, 0.25) is 0 Å². The monoisotopic (exact) mass is 465 g/mol. The molecule has 0 bridgehead atoms. The molecule has 10 heteroatoms. The zero-order chi connectivity index (χ0) is 25.0. The number of carboxylic acids is 1. The fraction of sp³-hybridized carbons (Fsp3) is 0.292. The second-order valence-corrected chi connectivity index (χ2v) is 8.45. The third-order valence-corrected chi connectivity index (χ3v) is 5.29. The zero-order valence-electron chi connectivity index (χ0n) is 19.0. The van der Waals surface area contributed by atoms with E-state index in [0.29, 0.717) is 29.0 Å². The predicted molar refractivity (Wildman–Crippen MR) is 127 cm³/mol. The quantitative estimate of drug-likeness (QED) is 0.346. The topological polar surface area (TPSA) is 157 Å². The van der Waals surface area contributed by atoms with Gasteiger partial charge in [0.25, 0.3) is 11.8 Å². The summed E-state index contributed by atoms with van der Waals surface area (Å²) >= 11 is 0. The van der Waals surface area contributed by atoms with Crippen LogP contribution in [0.4, 0.5) is 11.4 Å². The molecule has 5 N–H and O–H groups in total. The largest absolute Gasteiger partial charge is 0.481 e. The molecule has 0 saturated carbocycles. The molecular formula is C24H27N5O5. The molecule has 0 radical (unpaired) electrons. The van der Waals surface area contributed by atoms with Gasteiger partial charge >= 0.3 is 5.97 Å². The smallest absolute Gasteiger partial charge is 0.305 e. The van der Waals surface area contributed by atoms with E-state index in [-0.39, 0.29) is 42.7 Å². The van der Waals surface area contributed by atoms with Gasteiger partial charge in [-0.15, -0.1) is 0 Å². The fourth-order valence-corrected chi connectivity index (χ4v) is 3.63. The van der Waals surface area contributed by atoms with E-state index in [2.05, 4.69) is 5.32 Å². The number of fused-ring (bicyclic) bond motifs is 1. The summed E-state index contributed by atoms with van der Waals surface area (Å²) in [6.45, 7) is 3.97. The van der Waals surface area contributed by atoms with E-state index < -0.39 is 17.8 Å². The number of carboxylic acid groups (broad SMARTS) is 1. The van der Waals surface area contributed by atoms with Crippen molar-refractivity contribution in [2.24, 2.45) is 11.7 Å². The Morgan fingerprint density at radius 1 is 1.12 bits per heavy atom. The van der Waals surface area contributed by atoms with Crippen molar-refractivity contribution in [1.29, 1.82) is 5.41 Å². The Morgan fingerprint density at radius 2 is 1.76 bits per heavy atom. The van der Waals surface area contributed by atoms with Crippen LogP contribution < -0.4 is 16.0 Å². The third-order valence-electron chi connectivity index (χ3n) is 5.29. The van der Waals surface area contributed by atoms with Gasteiger partial charge in [0.2, 0.25) is 5.91 Å².